The quantitative estimate of drug-likeness (QED) is 0.685. The van der Waals surface area contributed by atoms with E-state index in [0.717, 1.165) is 12.8 Å². The number of carbonyl (C=O) groups is 1. The molecular weight excluding hydrogens is 329 g/mol. The maximum atomic E-state index is 13.7. The highest BCUT2D eigenvalue weighted by Crippen LogP contribution is 2.69. The molecular formula is C20H27F3O2. The molecule has 7 atom stereocenters. The summed E-state index contributed by atoms with van der Waals surface area (Å²) in [6.45, 7) is 3.87. The van der Waals surface area contributed by atoms with E-state index in [0.29, 0.717) is 37.5 Å². The van der Waals surface area contributed by atoms with Gasteiger partial charge in [0.05, 0.1) is 0 Å². The van der Waals surface area contributed by atoms with Crippen LogP contribution in [0.2, 0.25) is 0 Å². The Morgan fingerprint density at radius 2 is 1.76 bits per heavy atom. The van der Waals surface area contributed by atoms with Crippen LogP contribution in [0.5, 0.6) is 0 Å². The molecule has 25 heavy (non-hydrogen) atoms. The third-order valence-corrected chi connectivity index (χ3v) is 8.66. The van der Waals surface area contributed by atoms with Gasteiger partial charge in [0.25, 0.3) is 0 Å². The van der Waals surface area contributed by atoms with Gasteiger partial charge >= 0.3 is 6.18 Å². The first-order chi connectivity index (χ1) is 11.5. The van der Waals surface area contributed by atoms with Crippen molar-refractivity contribution in [1.82, 2.24) is 0 Å². The Morgan fingerprint density at radius 3 is 2.44 bits per heavy atom. The van der Waals surface area contributed by atoms with E-state index in [1.165, 1.54) is 0 Å². The first-order valence-corrected chi connectivity index (χ1v) is 9.54. The lowest BCUT2D eigenvalue weighted by atomic mass is 9.45. The Labute approximate surface area is 146 Å². The van der Waals surface area contributed by atoms with Gasteiger partial charge in [0, 0.05) is 11.8 Å². The van der Waals surface area contributed by atoms with Crippen molar-refractivity contribution in [2.75, 3.05) is 0 Å². The summed E-state index contributed by atoms with van der Waals surface area (Å²) < 4.78 is 41.0. The van der Waals surface area contributed by atoms with Gasteiger partial charge in [-0.1, -0.05) is 19.9 Å². The summed E-state index contributed by atoms with van der Waals surface area (Å²) >= 11 is 0. The van der Waals surface area contributed by atoms with Crippen LogP contribution in [0.25, 0.3) is 0 Å². The average Bonchev–Trinajstić information content (AvgIpc) is 2.81. The smallest absolute Gasteiger partial charge is 0.380 e. The normalized spacial score (nSPS) is 52.5. The summed E-state index contributed by atoms with van der Waals surface area (Å²) in [5, 5.41) is 10.6. The third kappa shape index (κ3) is 2.11. The molecule has 0 heterocycles. The topological polar surface area (TPSA) is 37.3 Å². The third-order valence-electron chi connectivity index (χ3n) is 8.66. The zero-order chi connectivity index (χ0) is 18.3. The second-order valence-corrected chi connectivity index (χ2v) is 9.37. The number of hydrogen-bond acceptors (Lipinski definition) is 2. The van der Waals surface area contributed by atoms with Crippen LogP contribution in [0.1, 0.15) is 58.8 Å². The van der Waals surface area contributed by atoms with Crippen LogP contribution >= 0.6 is 0 Å². The summed E-state index contributed by atoms with van der Waals surface area (Å²) in [6.07, 6.45) is 2.95. The van der Waals surface area contributed by atoms with Gasteiger partial charge in [-0.25, -0.2) is 0 Å². The zero-order valence-corrected chi connectivity index (χ0v) is 14.9. The minimum atomic E-state index is -4.57. The fourth-order valence-electron chi connectivity index (χ4n) is 7.12. The first-order valence-electron chi connectivity index (χ1n) is 9.54. The van der Waals surface area contributed by atoms with Crippen molar-refractivity contribution in [3.8, 4) is 0 Å². The molecule has 0 amide bonds. The Kier molecular flexibility index (Phi) is 3.59. The molecule has 3 fully saturated rings. The number of rotatable bonds is 0. The number of carbonyl (C=O) groups excluding carboxylic acids is 1. The standard InChI is InChI=1S/C20H27F3O2/c1-17-8-5-13(24)11-12(17)3-4-14-15(17)6-9-18(2)16(14)7-10-19(18,25)20(21,22)23/h5,8,12,14-16,25H,3-4,6-7,9-11H2,1-2H3/t12?,14-,15-,16+,17+,18+,19?/m1/s1. The molecule has 2 unspecified atom stereocenters. The number of allylic oxidation sites excluding steroid dienone is 2. The van der Waals surface area contributed by atoms with E-state index in [2.05, 4.69) is 6.92 Å². The summed E-state index contributed by atoms with van der Waals surface area (Å²) in [7, 11) is 0. The molecule has 0 bridgehead atoms. The minimum absolute atomic E-state index is 0.0818. The monoisotopic (exact) mass is 356 g/mol. The number of ketones is 1. The highest BCUT2D eigenvalue weighted by Gasteiger charge is 2.72. The van der Waals surface area contributed by atoms with E-state index >= 15 is 0 Å². The van der Waals surface area contributed by atoms with Crippen LogP contribution < -0.4 is 0 Å². The van der Waals surface area contributed by atoms with Crippen LogP contribution in [0.15, 0.2) is 12.2 Å². The number of aliphatic hydroxyl groups is 1. The van der Waals surface area contributed by atoms with Gasteiger partial charge in [0.15, 0.2) is 11.4 Å². The molecule has 0 spiro atoms. The van der Waals surface area contributed by atoms with Gasteiger partial charge < -0.3 is 5.11 Å². The number of alkyl halides is 3. The molecule has 5 heteroatoms. The molecule has 0 saturated heterocycles. The van der Waals surface area contributed by atoms with E-state index in [1.54, 1.807) is 13.0 Å². The highest BCUT2D eigenvalue weighted by atomic mass is 19.4. The van der Waals surface area contributed by atoms with Gasteiger partial charge in [0.2, 0.25) is 0 Å². The Morgan fingerprint density at radius 1 is 1.08 bits per heavy atom. The summed E-state index contributed by atoms with van der Waals surface area (Å²) in [4.78, 5) is 11.8. The molecule has 4 aliphatic carbocycles. The molecule has 0 aromatic heterocycles. The van der Waals surface area contributed by atoms with E-state index in [1.807, 2.05) is 6.08 Å². The van der Waals surface area contributed by atoms with Gasteiger partial charge in [0.1, 0.15) is 0 Å². The average molecular weight is 356 g/mol. The van der Waals surface area contributed by atoms with Gasteiger partial charge in [-0.2, -0.15) is 13.2 Å². The molecule has 4 aliphatic rings. The molecule has 0 aromatic rings. The maximum Gasteiger partial charge on any atom is 0.417 e. The van der Waals surface area contributed by atoms with Gasteiger partial charge in [-0.15, -0.1) is 0 Å². The van der Waals surface area contributed by atoms with Crippen LogP contribution in [-0.4, -0.2) is 22.7 Å². The van der Waals surface area contributed by atoms with Crippen LogP contribution in [0, 0.1) is 34.5 Å². The Bertz CT molecular complexity index is 627. The molecule has 140 valence electrons. The van der Waals surface area contributed by atoms with E-state index in [4.69, 9.17) is 0 Å². The van der Waals surface area contributed by atoms with Gasteiger partial charge in [-0.3, -0.25) is 4.79 Å². The fraction of sp³-hybridized carbons (Fsp3) is 0.850. The lowest BCUT2D eigenvalue weighted by Gasteiger charge is -2.59. The SMILES string of the molecule is C[C@]12C=CC(=O)CC1CC[C@@H]1[C@H]2CC[C@@]2(C)[C@H]1CCC2(O)C(F)(F)F. The molecule has 0 aromatic carbocycles. The fourth-order valence-corrected chi connectivity index (χ4v) is 7.12. The lowest BCUT2D eigenvalue weighted by molar-refractivity contribution is -0.303. The van der Waals surface area contributed by atoms with Crippen molar-refractivity contribution in [2.24, 2.45) is 34.5 Å². The van der Waals surface area contributed by atoms with E-state index < -0.39 is 17.2 Å². The Balaban J connectivity index is 1.69. The highest BCUT2D eigenvalue weighted by molar-refractivity contribution is 5.91. The molecule has 1 N–H and O–H groups in total. The number of hydrogen-bond donors (Lipinski definition) is 1. The van der Waals surface area contributed by atoms with Crippen molar-refractivity contribution < 1.29 is 23.1 Å². The lowest BCUT2D eigenvalue weighted by Crippen LogP contribution is -2.60. The van der Waals surface area contributed by atoms with Crippen LogP contribution in [0.4, 0.5) is 13.2 Å². The zero-order valence-electron chi connectivity index (χ0n) is 14.9. The van der Waals surface area contributed by atoms with E-state index in [9.17, 15) is 23.1 Å². The van der Waals surface area contributed by atoms with Crippen LogP contribution in [0.3, 0.4) is 0 Å². The van der Waals surface area contributed by atoms with Crippen molar-refractivity contribution in [3.63, 3.8) is 0 Å². The summed E-state index contributed by atoms with van der Waals surface area (Å²) in [5.41, 5.74) is -3.72. The Hall–Kier alpha value is -0.840. The molecule has 3 saturated carbocycles. The first kappa shape index (κ1) is 17.6. The van der Waals surface area contributed by atoms with Crippen molar-refractivity contribution in [1.29, 1.82) is 0 Å². The predicted molar refractivity (Wildman–Crippen MR) is 87.6 cm³/mol. The molecule has 0 radical (unpaired) electrons. The molecule has 2 nitrogen and oxygen atoms in total. The summed E-state index contributed by atoms with van der Waals surface area (Å²) in [5.74, 6) is 0.951. The molecule has 0 aliphatic heterocycles. The number of fused-ring (bicyclic) bond motifs is 5. The minimum Gasteiger partial charge on any atom is -0.380 e. The number of halogens is 3. The van der Waals surface area contributed by atoms with Crippen molar-refractivity contribution >= 4 is 5.78 Å². The van der Waals surface area contributed by atoms with Crippen molar-refractivity contribution in [3.05, 3.63) is 12.2 Å². The second-order valence-electron chi connectivity index (χ2n) is 9.37. The predicted octanol–water partition coefficient (Wildman–Crippen LogP) is 4.67. The van der Waals surface area contributed by atoms with Gasteiger partial charge in [-0.05, 0) is 73.7 Å². The maximum absolute atomic E-state index is 13.7. The molecule has 4 rings (SSSR count). The van der Waals surface area contributed by atoms with Crippen LogP contribution in [-0.2, 0) is 4.79 Å². The second kappa shape index (κ2) is 5.11. The van der Waals surface area contributed by atoms with E-state index in [-0.39, 0.29) is 29.5 Å². The largest absolute Gasteiger partial charge is 0.417 e. The summed E-state index contributed by atoms with van der Waals surface area (Å²) in [6, 6.07) is 0. The van der Waals surface area contributed by atoms with Crippen molar-refractivity contribution in [2.45, 2.75) is 70.6 Å².